The van der Waals surface area contributed by atoms with Crippen LogP contribution in [0, 0.1) is 6.92 Å². The van der Waals surface area contributed by atoms with Gasteiger partial charge >= 0.3 is 6.03 Å². The number of nitrogens with one attached hydrogen (secondary N) is 2. The van der Waals surface area contributed by atoms with E-state index in [-0.39, 0.29) is 11.7 Å². The van der Waals surface area contributed by atoms with Crippen molar-refractivity contribution in [2.75, 3.05) is 12.3 Å². The number of urea groups is 1. The van der Waals surface area contributed by atoms with E-state index in [1.807, 2.05) is 12.3 Å². The first kappa shape index (κ1) is 13.7. The zero-order chi connectivity index (χ0) is 12.7. The van der Waals surface area contributed by atoms with Crippen LogP contribution in [0.5, 0.6) is 0 Å². The molecule has 0 atom stereocenters. The summed E-state index contributed by atoms with van der Waals surface area (Å²) in [5.74, 6) is -0.168. The normalized spacial score (nSPS) is 9.71. The number of thioether (sulfide) groups is 1. The molecular weight excluding hydrogens is 258 g/mol. The molecule has 0 aliphatic carbocycles. The van der Waals surface area contributed by atoms with E-state index in [1.165, 1.54) is 29.2 Å². The lowest BCUT2D eigenvalue weighted by Gasteiger charge is -2.03. The Morgan fingerprint density at radius 1 is 1.65 bits per heavy atom. The Hall–Kier alpha value is -1.34. The Morgan fingerprint density at radius 2 is 2.41 bits per heavy atom. The maximum absolute atomic E-state index is 11.4. The number of aromatic nitrogens is 1. The van der Waals surface area contributed by atoms with Crippen LogP contribution in [0.1, 0.15) is 5.69 Å². The molecule has 3 amide bonds. The molecule has 7 heteroatoms. The van der Waals surface area contributed by atoms with E-state index in [1.54, 1.807) is 0 Å². The molecule has 0 fully saturated rings. The number of carbonyl (C=O) groups is 2. The van der Waals surface area contributed by atoms with Crippen LogP contribution in [0.25, 0.3) is 0 Å². The number of imide groups is 1. The molecule has 0 aliphatic rings. The van der Waals surface area contributed by atoms with E-state index in [0.29, 0.717) is 6.54 Å². The fraction of sp³-hybridized carbons (Fsp3) is 0.300. The minimum absolute atomic E-state index is 0.175. The van der Waals surface area contributed by atoms with E-state index in [9.17, 15) is 9.59 Å². The number of thiazole rings is 1. The third-order valence-corrected chi connectivity index (χ3v) is 3.72. The number of aryl methyl sites for hydroxylation is 1. The van der Waals surface area contributed by atoms with Crippen molar-refractivity contribution < 1.29 is 9.59 Å². The Bertz CT molecular complexity index is 417. The van der Waals surface area contributed by atoms with Gasteiger partial charge in [-0.3, -0.25) is 10.1 Å². The lowest BCUT2D eigenvalue weighted by molar-refractivity contribution is -0.117. The van der Waals surface area contributed by atoms with Gasteiger partial charge in [-0.1, -0.05) is 17.8 Å². The van der Waals surface area contributed by atoms with Crippen LogP contribution >= 0.6 is 23.1 Å². The summed E-state index contributed by atoms with van der Waals surface area (Å²) in [5, 5.41) is 6.58. The molecule has 1 aromatic heterocycles. The summed E-state index contributed by atoms with van der Waals surface area (Å²) in [7, 11) is 0. The van der Waals surface area contributed by atoms with Crippen LogP contribution in [0.3, 0.4) is 0 Å². The first-order valence-corrected chi connectivity index (χ1v) is 6.72. The number of hydrogen-bond donors (Lipinski definition) is 2. The highest BCUT2D eigenvalue weighted by Gasteiger charge is 2.08. The molecule has 1 rings (SSSR count). The molecule has 0 radical (unpaired) electrons. The molecule has 17 heavy (non-hydrogen) atoms. The summed E-state index contributed by atoms with van der Waals surface area (Å²) < 4.78 is 0.823. The summed E-state index contributed by atoms with van der Waals surface area (Å²) in [6.07, 6.45) is 1.54. The van der Waals surface area contributed by atoms with Gasteiger partial charge in [0.25, 0.3) is 0 Å². The van der Waals surface area contributed by atoms with Crippen LogP contribution in [-0.4, -0.2) is 29.2 Å². The third-order valence-electron chi connectivity index (χ3n) is 1.58. The molecule has 0 aromatic carbocycles. The van der Waals surface area contributed by atoms with Gasteiger partial charge in [0.15, 0.2) is 4.34 Å². The number of nitrogens with zero attached hydrogens (tertiary/aromatic N) is 1. The van der Waals surface area contributed by atoms with E-state index < -0.39 is 6.03 Å². The van der Waals surface area contributed by atoms with Gasteiger partial charge in [-0.25, -0.2) is 9.78 Å². The third kappa shape index (κ3) is 5.50. The molecule has 0 aliphatic heterocycles. The molecule has 1 aromatic rings. The molecule has 2 N–H and O–H groups in total. The van der Waals surface area contributed by atoms with Crippen molar-refractivity contribution in [3.8, 4) is 0 Å². The van der Waals surface area contributed by atoms with Crippen molar-refractivity contribution in [2.45, 2.75) is 11.3 Å². The quantitative estimate of drug-likeness (QED) is 0.629. The summed E-state index contributed by atoms with van der Waals surface area (Å²) in [4.78, 5) is 26.7. The summed E-state index contributed by atoms with van der Waals surface area (Å²) in [6.45, 7) is 5.68. The molecule has 0 saturated carbocycles. The van der Waals surface area contributed by atoms with Gasteiger partial charge in [0.1, 0.15) is 0 Å². The van der Waals surface area contributed by atoms with Crippen LogP contribution < -0.4 is 10.6 Å². The highest BCUT2D eigenvalue weighted by atomic mass is 32.2. The van der Waals surface area contributed by atoms with Gasteiger partial charge in [0.2, 0.25) is 5.91 Å². The zero-order valence-corrected chi connectivity index (χ0v) is 11.0. The molecule has 1 heterocycles. The lowest BCUT2D eigenvalue weighted by atomic mass is 10.6. The first-order chi connectivity index (χ1) is 8.11. The van der Waals surface area contributed by atoms with Crippen LogP contribution in [0.4, 0.5) is 4.79 Å². The minimum atomic E-state index is -0.509. The van der Waals surface area contributed by atoms with Gasteiger partial charge in [0.05, 0.1) is 5.75 Å². The summed E-state index contributed by atoms with van der Waals surface area (Å²) >= 11 is 2.79. The Morgan fingerprint density at radius 3 is 3.00 bits per heavy atom. The molecule has 0 unspecified atom stereocenters. The topological polar surface area (TPSA) is 71.1 Å². The lowest BCUT2D eigenvalue weighted by Crippen LogP contribution is -2.40. The maximum atomic E-state index is 11.4. The number of carbonyl (C=O) groups excluding carboxylic acids is 2. The standard InChI is InChI=1S/C10H13N3O2S2/c1-3-4-11-9(15)13-8(14)6-17-10-12-7(2)5-16-10/h3,5H,1,4,6H2,2H3,(H2,11,13,14,15). The van der Waals surface area contributed by atoms with Crippen molar-refractivity contribution in [1.82, 2.24) is 15.6 Å². The fourth-order valence-corrected chi connectivity index (χ4v) is 2.55. The number of hydrogen-bond acceptors (Lipinski definition) is 5. The van der Waals surface area contributed by atoms with Gasteiger partial charge in [-0.2, -0.15) is 0 Å². The predicted molar refractivity (Wildman–Crippen MR) is 69.3 cm³/mol. The fourth-order valence-electron chi connectivity index (χ4n) is 0.898. The number of rotatable bonds is 5. The Kier molecular flexibility index (Phi) is 5.71. The molecule has 0 bridgehead atoms. The highest BCUT2D eigenvalue weighted by Crippen LogP contribution is 2.21. The first-order valence-electron chi connectivity index (χ1n) is 4.85. The maximum Gasteiger partial charge on any atom is 0.321 e. The van der Waals surface area contributed by atoms with Crippen molar-refractivity contribution in [3.05, 3.63) is 23.7 Å². The van der Waals surface area contributed by atoms with Crippen LogP contribution in [0.15, 0.2) is 22.4 Å². The van der Waals surface area contributed by atoms with Gasteiger partial charge in [0, 0.05) is 17.6 Å². The van der Waals surface area contributed by atoms with E-state index in [4.69, 9.17) is 0 Å². The second kappa shape index (κ2) is 7.08. The monoisotopic (exact) mass is 271 g/mol. The Balaban J connectivity index is 2.25. The van der Waals surface area contributed by atoms with Crippen molar-refractivity contribution in [3.63, 3.8) is 0 Å². The average molecular weight is 271 g/mol. The van der Waals surface area contributed by atoms with Gasteiger partial charge in [-0.05, 0) is 6.92 Å². The van der Waals surface area contributed by atoms with Crippen molar-refractivity contribution >= 4 is 35.0 Å². The SMILES string of the molecule is C=CCNC(=O)NC(=O)CSc1nc(C)cs1. The second-order valence-corrected chi connectivity index (χ2v) is 5.17. The van der Waals surface area contributed by atoms with Crippen LogP contribution in [-0.2, 0) is 4.79 Å². The van der Waals surface area contributed by atoms with Crippen molar-refractivity contribution in [2.24, 2.45) is 0 Å². The Labute approximate surface area is 108 Å². The summed E-state index contributed by atoms with van der Waals surface area (Å²) in [5.41, 5.74) is 0.932. The smallest absolute Gasteiger partial charge is 0.321 e. The van der Waals surface area contributed by atoms with Gasteiger partial charge < -0.3 is 5.32 Å². The zero-order valence-electron chi connectivity index (χ0n) is 9.36. The van der Waals surface area contributed by atoms with Crippen molar-refractivity contribution in [1.29, 1.82) is 0 Å². The average Bonchev–Trinajstić information content (AvgIpc) is 2.70. The second-order valence-electron chi connectivity index (χ2n) is 3.09. The van der Waals surface area contributed by atoms with E-state index >= 15 is 0 Å². The summed E-state index contributed by atoms with van der Waals surface area (Å²) in [6, 6.07) is -0.509. The number of amides is 3. The van der Waals surface area contributed by atoms with Gasteiger partial charge in [-0.15, -0.1) is 17.9 Å². The minimum Gasteiger partial charge on any atom is -0.334 e. The van der Waals surface area contributed by atoms with Crippen LogP contribution in [0.2, 0.25) is 0 Å². The van der Waals surface area contributed by atoms with E-state index in [0.717, 1.165) is 10.0 Å². The molecule has 5 nitrogen and oxygen atoms in total. The molecular formula is C10H13N3O2S2. The largest absolute Gasteiger partial charge is 0.334 e. The molecule has 92 valence electrons. The molecule has 0 spiro atoms. The predicted octanol–water partition coefficient (Wildman–Crippen LogP) is 1.56. The highest BCUT2D eigenvalue weighted by molar-refractivity contribution is 8.01. The molecule has 0 saturated heterocycles. The van der Waals surface area contributed by atoms with E-state index in [2.05, 4.69) is 22.2 Å².